The van der Waals surface area contributed by atoms with E-state index in [9.17, 15) is 9.59 Å². The number of amides is 2. The standard InChI is InChI=1S/C18H18N4O2/c1-2-16-21-14-8-3-11(9-15(14)22-16)10-17(23)20-13-6-4-12(5-7-13)18(19)24/h3-9H,2,10H2,1H3,(H2,19,24)(H,20,23)(H,21,22). The molecule has 2 aromatic carbocycles. The number of aromatic amines is 1. The van der Waals surface area contributed by atoms with E-state index in [0.29, 0.717) is 11.3 Å². The highest BCUT2D eigenvalue weighted by Crippen LogP contribution is 2.15. The molecule has 1 aromatic heterocycles. The van der Waals surface area contributed by atoms with Crippen LogP contribution in [0.3, 0.4) is 0 Å². The van der Waals surface area contributed by atoms with Gasteiger partial charge in [-0.1, -0.05) is 13.0 Å². The average Bonchev–Trinajstić information content (AvgIpc) is 2.97. The number of aromatic nitrogens is 2. The smallest absolute Gasteiger partial charge is 0.248 e. The molecule has 0 saturated carbocycles. The number of benzene rings is 2. The lowest BCUT2D eigenvalue weighted by Gasteiger charge is -2.06. The number of anilines is 1. The Morgan fingerprint density at radius 1 is 1.17 bits per heavy atom. The third kappa shape index (κ3) is 3.43. The van der Waals surface area contributed by atoms with Crippen molar-refractivity contribution in [1.82, 2.24) is 9.97 Å². The Hall–Kier alpha value is -3.15. The Morgan fingerprint density at radius 2 is 1.92 bits per heavy atom. The van der Waals surface area contributed by atoms with Gasteiger partial charge in [0.2, 0.25) is 11.8 Å². The highest BCUT2D eigenvalue weighted by atomic mass is 16.2. The minimum atomic E-state index is -0.493. The molecule has 0 fully saturated rings. The van der Waals surface area contributed by atoms with E-state index in [-0.39, 0.29) is 12.3 Å². The molecule has 0 unspecified atom stereocenters. The van der Waals surface area contributed by atoms with Gasteiger partial charge in [-0.15, -0.1) is 0 Å². The van der Waals surface area contributed by atoms with Crippen molar-refractivity contribution >= 4 is 28.5 Å². The molecule has 0 saturated heterocycles. The predicted molar refractivity (Wildman–Crippen MR) is 92.8 cm³/mol. The van der Waals surface area contributed by atoms with Crippen LogP contribution in [0.25, 0.3) is 11.0 Å². The zero-order chi connectivity index (χ0) is 17.1. The van der Waals surface area contributed by atoms with Gasteiger partial charge < -0.3 is 16.0 Å². The number of aryl methyl sites for hydroxylation is 1. The maximum absolute atomic E-state index is 12.2. The van der Waals surface area contributed by atoms with Crippen molar-refractivity contribution < 1.29 is 9.59 Å². The summed E-state index contributed by atoms with van der Waals surface area (Å²) in [5.74, 6) is 0.310. The van der Waals surface area contributed by atoms with E-state index in [4.69, 9.17) is 5.73 Å². The number of carbonyl (C=O) groups excluding carboxylic acids is 2. The number of nitrogens with one attached hydrogen (secondary N) is 2. The molecule has 2 amide bonds. The Balaban J connectivity index is 1.68. The summed E-state index contributed by atoms with van der Waals surface area (Å²) in [5.41, 5.74) is 8.96. The number of hydrogen-bond acceptors (Lipinski definition) is 3. The van der Waals surface area contributed by atoms with Gasteiger partial charge in [-0.25, -0.2) is 4.98 Å². The van der Waals surface area contributed by atoms with Crippen molar-refractivity contribution in [3.8, 4) is 0 Å². The summed E-state index contributed by atoms with van der Waals surface area (Å²) in [6, 6.07) is 12.2. The van der Waals surface area contributed by atoms with Crippen molar-refractivity contribution in [1.29, 1.82) is 0 Å². The van der Waals surface area contributed by atoms with Crippen LogP contribution in [0.2, 0.25) is 0 Å². The fraction of sp³-hybridized carbons (Fsp3) is 0.167. The van der Waals surface area contributed by atoms with Gasteiger partial charge in [0.1, 0.15) is 5.82 Å². The number of carbonyl (C=O) groups is 2. The van der Waals surface area contributed by atoms with Crippen molar-refractivity contribution in [3.05, 3.63) is 59.4 Å². The highest BCUT2D eigenvalue weighted by Gasteiger charge is 2.08. The second kappa shape index (κ2) is 6.54. The van der Waals surface area contributed by atoms with Crippen LogP contribution in [0.1, 0.15) is 28.7 Å². The van der Waals surface area contributed by atoms with E-state index in [1.54, 1.807) is 24.3 Å². The summed E-state index contributed by atoms with van der Waals surface area (Å²) in [6.07, 6.45) is 1.10. The monoisotopic (exact) mass is 322 g/mol. The first-order chi connectivity index (χ1) is 11.5. The number of H-pyrrole nitrogens is 1. The predicted octanol–water partition coefficient (Wildman–Crippen LogP) is 2.41. The van der Waals surface area contributed by atoms with Gasteiger partial charge in [-0.05, 0) is 42.0 Å². The first kappa shape index (κ1) is 15.7. The quantitative estimate of drug-likeness (QED) is 0.672. The van der Waals surface area contributed by atoms with Crippen LogP contribution in [-0.2, 0) is 17.6 Å². The first-order valence-corrected chi connectivity index (χ1v) is 7.72. The molecule has 1 heterocycles. The first-order valence-electron chi connectivity index (χ1n) is 7.72. The third-order valence-corrected chi connectivity index (χ3v) is 3.75. The molecule has 0 radical (unpaired) electrons. The van der Waals surface area contributed by atoms with E-state index < -0.39 is 5.91 Å². The van der Waals surface area contributed by atoms with E-state index in [1.807, 2.05) is 25.1 Å². The minimum absolute atomic E-state index is 0.128. The maximum atomic E-state index is 12.2. The average molecular weight is 322 g/mol. The second-order valence-electron chi connectivity index (χ2n) is 5.56. The Morgan fingerprint density at radius 3 is 2.58 bits per heavy atom. The Labute approximate surface area is 139 Å². The molecule has 0 aliphatic heterocycles. The summed E-state index contributed by atoms with van der Waals surface area (Å²) in [6.45, 7) is 2.04. The summed E-state index contributed by atoms with van der Waals surface area (Å²) >= 11 is 0. The number of nitrogens with zero attached hydrogens (tertiary/aromatic N) is 1. The molecule has 122 valence electrons. The van der Waals surface area contributed by atoms with Crippen LogP contribution >= 0.6 is 0 Å². The molecule has 6 heteroatoms. The maximum Gasteiger partial charge on any atom is 0.248 e. The van der Waals surface area contributed by atoms with Gasteiger partial charge in [0.25, 0.3) is 0 Å². The number of primary amides is 1. The van der Waals surface area contributed by atoms with Gasteiger partial charge in [0.15, 0.2) is 0 Å². The summed E-state index contributed by atoms with van der Waals surface area (Å²) in [5, 5.41) is 2.80. The molecule has 24 heavy (non-hydrogen) atoms. The summed E-state index contributed by atoms with van der Waals surface area (Å²) < 4.78 is 0. The highest BCUT2D eigenvalue weighted by molar-refractivity contribution is 5.95. The molecule has 0 bridgehead atoms. The zero-order valence-corrected chi connectivity index (χ0v) is 13.3. The number of hydrogen-bond donors (Lipinski definition) is 3. The minimum Gasteiger partial charge on any atom is -0.366 e. The van der Waals surface area contributed by atoms with Crippen molar-refractivity contribution in [2.45, 2.75) is 19.8 Å². The topological polar surface area (TPSA) is 101 Å². The second-order valence-corrected chi connectivity index (χ2v) is 5.56. The van der Waals surface area contributed by atoms with Gasteiger partial charge in [0, 0.05) is 17.7 Å². The van der Waals surface area contributed by atoms with Crippen LogP contribution < -0.4 is 11.1 Å². The molecule has 3 rings (SSSR count). The van der Waals surface area contributed by atoms with E-state index >= 15 is 0 Å². The molecule has 0 atom stereocenters. The number of rotatable bonds is 5. The van der Waals surface area contributed by atoms with E-state index in [0.717, 1.165) is 28.8 Å². The van der Waals surface area contributed by atoms with Crippen LogP contribution in [0.15, 0.2) is 42.5 Å². The lowest BCUT2D eigenvalue weighted by Crippen LogP contribution is -2.15. The summed E-state index contributed by atoms with van der Waals surface area (Å²) in [4.78, 5) is 30.9. The summed E-state index contributed by atoms with van der Waals surface area (Å²) in [7, 11) is 0. The molecule has 0 aliphatic carbocycles. The fourth-order valence-corrected chi connectivity index (χ4v) is 2.50. The van der Waals surface area contributed by atoms with Crippen LogP contribution in [-0.4, -0.2) is 21.8 Å². The third-order valence-electron chi connectivity index (χ3n) is 3.75. The Kier molecular flexibility index (Phi) is 4.29. The van der Waals surface area contributed by atoms with Crippen molar-refractivity contribution in [2.75, 3.05) is 5.32 Å². The molecule has 6 nitrogen and oxygen atoms in total. The van der Waals surface area contributed by atoms with Crippen molar-refractivity contribution in [3.63, 3.8) is 0 Å². The molecule has 4 N–H and O–H groups in total. The van der Waals surface area contributed by atoms with E-state index in [2.05, 4.69) is 15.3 Å². The molecule has 0 spiro atoms. The largest absolute Gasteiger partial charge is 0.366 e. The van der Waals surface area contributed by atoms with Gasteiger partial charge in [-0.2, -0.15) is 0 Å². The Bertz CT molecular complexity index is 897. The fourth-order valence-electron chi connectivity index (χ4n) is 2.50. The molecular formula is C18H18N4O2. The SMILES string of the molecule is CCc1nc2ccc(CC(=O)Nc3ccc(C(N)=O)cc3)cc2[nH]1. The van der Waals surface area contributed by atoms with Gasteiger partial charge in [0.05, 0.1) is 17.5 Å². The van der Waals surface area contributed by atoms with E-state index in [1.165, 1.54) is 0 Å². The zero-order valence-electron chi connectivity index (χ0n) is 13.3. The molecular weight excluding hydrogens is 304 g/mol. The lowest BCUT2D eigenvalue weighted by atomic mass is 10.1. The number of imidazole rings is 1. The molecule has 0 aliphatic rings. The van der Waals surface area contributed by atoms with Crippen LogP contribution in [0, 0.1) is 0 Å². The normalized spacial score (nSPS) is 10.7. The van der Waals surface area contributed by atoms with Crippen molar-refractivity contribution in [2.24, 2.45) is 5.73 Å². The van der Waals surface area contributed by atoms with Crippen LogP contribution in [0.5, 0.6) is 0 Å². The van der Waals surface area contributed by atoms with Crippen LogP contribution in [0.4, 0.5) is 5.69 Å². The number of nitrogens with two attached hydrogens (primary N) is 1. The lowest BCUT2D eigenvalue weighted by molar-refractivity contribution is -0.115. The molecule has 3 aromatic rings. The van der Waals surface area contributed by atoms with Gasteiger partial charge in [-0.3, -0.25) is 9.59 Å². The number of fused-ring (bicyclic) bond motifs is 1. The van der Waals surface area contributed by atoms with Gasteiger partial charge >= 0.3 is 0 Å².